The molecule has 0 saturated carbocycles. The van der Waals surface area contributed by atoms with E-state index in [-0.39, 0.29) is 22.9 Å². The number of halogens is 3. The summed E-state index contributed by atoms with van der Waals surface area (Å²) >= 11 is 0. The van der Waals surface area contributed by atoms with E-state index in [1.807, 2.05) is 0 Å². The summed E-state index contributed by atoms with van der Waals surface area (Å²) in [5, 5.41) is 14.7. The standard InChI is InChI=1S/C11H9F3N4O2/c1-6-9(18(19)20)10(15)17(16-6)8-4-2-7(3-5-8)11(12,13)14/h2-5H,15H2,1H3. The quantitative estimate of drug-likeness (QED) is 0.679. The first-order valence-corrected chi connectivity index (χ1v) is 5.39. The number of nitrogens with two attached hydrogens (primary N) is 1. The zero-order chi connectivity index (χ0) is 15.1. The van der Waals surface area contributed by atoms with Crippen LogP contribution < -0.4 is 5.73 Å². The lowest BCUT2D eigenvalue weighted by atomic mass is 10.2. The Morgan fingerprint density at radius 3 is 2.25 bits per heavy atom. The van der Waals surface area contributed by atoms with Gasteiger partial charge in [-0.15, -0.1) is 0 Å². The molecule has 9 heteroatoms. The summed E-state index contributed by atoms with van der Waals surface area (Å²) in [6.45, 7) is 1.40. The number of alkyl halides is 3. The second-order valence-corrected chi connectivity index (χ2v) is 4.03. The predicted octanol–water partition coefficient (Wildman–Crippen LogP) is 2.69. The number of aryl methyl sites for hydroxylation is 1. The minimum Gasteiger partial charge on any atom is -0.378 e. The van der Waals surface area contributed by atoms with E-state index in [0.717, 1.165) is 28.9 Å². The van der Waals surface area contributed by atoms with E-state index in [2.05, 4.69) is 5.10 Å². The molecular formula is C11H9F3N4O2. The first-order valence-electron chi connectivity index (χ1n) is 5.39. The number of nitro groups is 1. The maximum atomic E-state index is 12.4. The first kappa shape index (κ1) is 13.8. The maximum absolute atomic E-state index is 12.4. The van der Waals surface area contributed by atoms with Gasteiger partial charge < -0.3 is 5.73 Å². The lowest BCUT2D eigenvalue weighted by molar-refractivity contribution is -0.384. The number of benzene rings is 1. The summed E-state index contributed by atoms with van der Waals surface area (Å²) in [7, 11) is 0. The van der Waals surface area contributed by atoms with Gasteiger partial charge in [0.1, 0.15) is 5.69 Å². The smallest absolute Gasteiger partial charge is 0.378 e. The van der Waals surface area contributed by atoms with E-state index in [4.69, 9.17) is 5.73 Å². The van der Waals surface area contributed by atoms with Crippen LogP contribution in [0.5, 0.6) is 0 Å². The van der Waals surface area contributed by atoms with Crippen molar-refractivity contribution in [3.63, 3.8) is 0 Å². The average Bonchev–Trinajstić information content (AvgIpc) is 2.64. The van der Waals surface area contributed by atoms with Crippen LogP contribution in [0.2, 0.25) is 0 Å². The fraction of sp³-hybridized carbons (Fsp3) is 0.182. The lowest BCUT2D eigenvalue weighted by Crippen LogP contribution is -2.06. The first-order chi connectivity index (χ1) is 9.21. The molecule has 0 aliphatic carbocycles. The van der Waals surface area contributed by atoms with Crippen LogP contribution >= 0.6 is 0 Å². The van der Waals surface area contributed by atoms with Crippen molar-refractivity contribution in [3.8, 4) is 5.69 Å². The second-order valence-electron chi connectivity index (χ2n) is 4.03. The molecule has 0 saturated heterocycles. The van der Waals surface area contributed by atoms with Gasteiger partial charge in [0.05, 0.1) is 16.2 Å². The lowest BCUT2D eigenvalue weighted by Gasteiger charge is -2.08. The summed E-state index contributed by atoms with van der Waals surface area (Å²) < 4.78 is 38.4. The van der Waals surface area contributed by atoms with Crippen molar-refractivity contribution >= 4 is 11.5 Å². The van der Waals surface area contributed by atoms with Crippen molar-refractivity contribution < 1.29 is 18.1 Å². The Hall–Kier alpha value is -2.58. The minimum atomic E-state index is -4.45. The van der Waals surface area contributed by atoms with E-state index in [9.17, 15) is 23.3 Å². The van der Waals surface area contributed by atoms with Gasteiger partial charge in [-0.3, -0.25) is 10.1 Å². The Bertz CT molecular complexity index is 662. The van der Waals surface area contributed by atoms with Crippen LogP contribution in [0.1, 0.15) is 11.3 Å². The average molecular weight is 286 g/mol. The molecule has 0 aliphatic heterocycles. The Kier molecular flexibility index (Phi) is 3.12. The van der Waals surface area contributed by atoms with Crippen molar-refractivity contribution in [1.82, 2.24) is 9.78 Å². The molecule has 0 unspecified atom stereocenters. The SMILES string of the molecule is Cc1nn(-c2ccc(C(F)(F)F)cc2)c(N)c1[N+](=O)[O-]. The number of nitrogens with zero attached hydrogens (tertiary/aromatic N) is 3. The van der Waals surface area contributed by atoms with Crippen LogP contribution in [0.15, 0.2) is 24.3 Å². The monoisotopic (exact) mass is 286 g/mol. The molecule has 0 amide bonds. The normalized spacial score (nSPS) is 11.6. The molecule has 20 heavy (non-hydrogen) atoms. The molecule has 1 aromatic heterocycles. The minimum absolute atomic E-state index is 0.0902. The number of hydrogen-bond donors (Lipinski definition) is 1. The van der Waals surface area contributed by atoms with Crippen LogP contribution in [-0.2, 0) is 6.18 Å². The molecule has 106 valence electrons. The third-order valence-electron chi connectivity index (χ3n) is 2.69. The molecular weight excluding hydrogens is 277 g/mol. The highest BCUT2D eigenvalue weighted by atomic mass is 19.4. The molecule has 0 aliphatic rings. The number of rotatable bonds is 2. The number of aromatic nitrogens is 2. The Morgan fingerprint density at radius 2 is 1.85 bits per heavy atom. The third kappa shape index (κ3) is 2.29. The fourth-order valence-corrected chi connectivity index (χ4v) is 1.75. The topological polar surface area (TPSA) is 87.0 Å². The van der Waals surface area contributed by atoms with Gasteiger partial charge in [-0.05, 0) is 31.2 Å². The molecule has 2 N–H and O–H groups in total. The molecule has 0 radical (unpaired) electrons. The Balaban J connectivity index is 2.48. The summed E-state index contributed by atoms with van der Waals surface area (Å²) in [5.74, 6) is -0.229. The van der Waals surface area contributed by atoms with Gasteiger partial charge in [0.2, 0.25) is 5.82 Å². The van der Waals surface area contributed by atoms with Crippen molar-refractivity contribution in [3.05, 3.63) is 45.6 Å². The molecule has 0 bridgehead atoms. The molecule has 0 fully saturated rings. The van der Waals surface area contributed by atoms with E-state index < -0.39 is 16.7 Å². The summed E-state index contributed by atoms with van der Waals surface area (Å²) in [4.78, 5) is 10.1. The van der Waals surface area contributed by atoms with Crippen LogP contribution in [-0.4, -0.2) is 14.7 Å². The zero-order valence-corrected chi connectivity index (χ0v) is 10.2. The van der Waals surface area contributed by atoms with Crippen molar-refractivity contribution in [1.29, 1.82) is 0 Å². The Morgan fingerprint density at radius 1 is 1.30 bits per heavy atom. The van der Waals surface area contributed by atoms with Crippen LogP contribution in [0.3, 0.4) is 0 Å². The van der Waals surface area contributed by atoms with E-state index in [1.165, 1.54) is 6.92 Å². The van der Waals surface area contributed by atoms with Crippen LogP contribution in [0.4, 0.5) is 24.7 Å². The van der Waals surface area contributed by atoms with Crippen molar-refractivity contribution in [2.75, 3.05) is 5.73 Å². The van der Waals surface area contributed by atoms with Gasteiger partial charge >= 0.3 is 11.9 Å². The largest absolute Gasteiger partial charge is 0.416 e. The van der Waals surface area contributed by atoms with E-state index >= 15 is 0 Å². The summed E-state index contributed by atoms with van der Waals surface area (Å²) in [6.07, 6.45) is -4.45. The van der Waals surface area contributed by atoms with Gasteiger partial charge in [-0.2, -0.15) is 18.3 Å². The number of hydrogen-bond acceptors (Lipinski definition) is 4. The van der Waals surface area contributed by atoms with Crippen LogP contribution in [0.25, 0.3) is 5.69 Å². The zero-order valence-electron chi connectivity index (χ0n) is 10.2. The highest BCUT2D eigenvalue weighted by Gasteiger charge is 2.30. The van der Waals surface area contributed by atoms with Gasteiger partial charge in [0.15, 0.2) is 0 Å². The molecule has 0 atom stereocenters. The highest BCUT2D eigenvalue weighted by Crippen LogP contribution is 2.31. The van der Waals surface area contributed by atoms with Gasteiger partial charge in [-0.25, -0.2) is 4.68 Å². The van der Waals surface area contributed by atoms with Gasteiger partial charge in [0, 0.05) is 0 Å². The fourth-order valence-electron chi connectivity index (χ4n) is 1.75. The molecule has 6 nitrogen and oxygen atoms in total. The predicted molar refractivity (Wildman–Crippen MR) is 64.4 cm³/mol. The number of nitrogen functional groups attached to an aromatic ring is 1. The molecule has 1 aromatic carbocycles. The number of anilines is 1. The van der Waals surface area contributed by atoms with Gasteiger partial charge in [0.25, 0.3) is 0 Å². The van der Waals surface area contributed by atoms with Crippen molar-refractivity contribution in [2.24, 2.45) is 0 Å². The molecule has 0 spiro atoms. The molecule has 2 rings (SSSR count). The van der Waals surface area contributed by atoms with Gasteiger partial charge in [-0.1, -0.05) is 0 Å². The van der Waals surface area contributed by atoms with E-state index in [1.54, 1.807) is 0 Å². The molecule has 1 heterocycles. The van der Waals surface area contributed by atoms with Crippen molar-refractivity contribution in [2.45, 2.75) is 13.1 Å². The highest BCUT2D eigenvalue weighted by molar-refractivity contribution is 5.59. The van der Waals surface area contributed by atoms with E-state index in [0.29, 0.717) is 0 Å². The van der Waals surface area contributed by atoms with Crippen LogP contribution in [0, 0.1) is 17.0 Å². The Labute approximate surface area is 110 Å². The maximum Gasteiger partial charge on any atom is 0.416 e. The second kappa shape index (κ2) is 4.51. The summed E-state index contributed by atoms with van der Waals surface area (Å²) in [6, 6.07) is 4.01. The third-order valence-corrected chi connectivity index (χ3v) is 2.69. The molecule has 2 aromatic rings. The summed E-state index contributed by atoms with van der Waals surface area (Å²) in [5.41, 5.74) is 4.72.